The number of benzene rings is 2. The summed E-state index contributed by atoms with van der Waals surface area (Å²) in [4.78, 5) is 23.5. The Morgan fingerprint density at radius 1 is 1.32 bits per heavy atom. The second-order valence-corrected chi connectivity index (χ2v) is 9.68. The Labute approximate surface area is 224 Å². The molecule has 10 nitrogen and oxygen atoms in total. The molecule has 2 aromatic carbocycles. The van der Waals surface area contributed by atoms with E-state index in [0.717, 1.165) is 0 Å². The molecule has 2 heterocycles. The molecule has 12 heteroatoms. The predicted molar refractivity (Wildman–Crippen MR) is 142 cm³/mol. The van der Waals surface area contributed by atoms with Crippen LogP contribution in [0.5, 0.6) is 11.5 Å². The standard InChI is InChI=1S/C26H31ClFN5O5/c1-33-7-6-15(26(36)29-11-16(35)13-34)8-17(12-33)38-23-9-18-21(10-22(23)37-2)30-14-31-25(18)32-20-5-3-4-19(27)24(20)28/h3-5,9-10,14-17,34-35H,6-8,11-13H2,1-2H3,(H,29,36)(H,30,31,32)/t15-,16+,17?/m1/s1. The van der Waals surface area contributed by atoms with Crippen molar-refractivity contribution in [1.82, 2.24) is 20.2 Å². The number of rotatable bonds is 9. The normalized spacial score (nSPS) is 19.0. The zero-order valence-corrected chi connectivity index (χ0v) is 21.9. The number of nitrogens with zero attached hydrogens (tertiary/aromatic N) is 3. The number of aromatic nitrogens is 2. The monoisotopic (exact) mass is 547 g/mol. The van der Waals surface area contributed by atoms with Crippen molar-refractivity contribution in [2.24, 2.45) is 5.92 Å². The van der Waals surface area contributed by atoms with E-state index in [1.807, 2.05) is 7.05 Å². The molecule has 3 atom stereocenters. The van der Waals surface area contributed by atoms with Crippen LogP contribution in [0.15, 0.2) is 36.7 Å². The maximum atomic E-state index is 14.5. The van der Waals surface area contributed by atoms with Gasteiger partial charge in [0.15, 0.2) is 17.3 Å². The Morgan fingerprint density at radius 2 is 2.13 bits per heavy atom. The second-order valence-electron chi connectivity index (χ2n) is 9.27. The van der Waals surface area contributed by atoms with Gasteiger partial charge in [0.25, 0.3) is 0 Å². The summed E-state index contributed by atoms with van der Waals surface area (Å²) >= 11 is 5.93. The van der Waals surface area contributed by atoms with Crippen LogP contribution in [0.2, 0.25) is 5.02 Å². The number of fused-ring (bicyclic) bond motifs is 1. The molecule has 0 bridgehead atoms. The molecule has 1 unspecified atom stereocenters. The Balaban J connectivity index is 1.60. The van der Waals surface area contributed by atoms with E-state index in [2.05, 4.69) is 25.5 Å². The second kappa shape index (κ2) is 12.5. The van der Waals surface area contributed by atoms with Crippen molar-refractivity contribution in [1.29, 1.82) is 0 Å². The van der Waals surface area contributed by atoms with E-state index in [9.17, 15) is 14.3 Å². The van der Waals surface area contributed by atoms with Crippen LogP contribution in [0.25, 0.3) is 10.9 Å². The highest BCUT2D eigenvalue weighted by Crippen LogP contribution is 2.37. The molecule has 1 saturated heterocycles. The number of nitrogens with one attached hydrogen (secondary N) is 2. The number of likely N-dealkylation sites (tertiary alicyclic amines) is 1. The molecule has 0 radical (unpaired) electrons. The quantitative estimate of drug-likeness (QED) is 0.319. The van der Waals surface area contributed by atoms with Crippen molar-refractivity contribution >= 4 is 39.9 Å². The largest absolute Gasteiger partial charge is 0.493 e. The number of hydrogen-bond acceptors (Lipinski definition) is 9. The molecule has 0 saturated carbocycles. The summed E-state index contributed by atoms with van der Waals surface area (Å²) in [5.74, 6) is 0.114. The van der Waals surface area contributed by atoms with E-state index in [-0.39, 0.29) is 35.2 Å². The third kappa shape index (κ3) is 6.60. The molecule has 0 aliphatic carbocycles. The lowest BCUT2D eigenvalue weighted by Crippen LogP contribution is -2.39. The first-order valence-electron chi connectivity index (χ1n) is 12.2. The molecule has 204 valence electrons. The number of ether oxygens (including phenoxy) is 2. The van der Waals surface area contributed by atoms with Gasteiger partial charge in [0.05, 0.1) is 36.0 Å². The van der Waals surface area contributed by atoms with Crippen LogP contribution >= 0.6 is 11.6 Å². The Hall–Kier alpha value is -3.25. The summed E-state index contributed by atoms with van der Waals surface area (Å²) in [6.45, 7) is 0.831. The maximum absolute atomic E-state index is 14.5. The number of aliphatic hydroxyl groups is 2. The number of halogens is 2. The van der Waals surface area contributed by atoms with Gasteiger partial charge in [-0.25, -0.2) is 14.4 Å². The first-order valence-corrected chi connectivity index (χ1v) is 12.6. The molecule has 1 amide bonds. The fourth-order valence-corrected chi connectivity index (χ4v) is 4.57. The average Bonchev–Trinajstić information content (AvgIpc) is 3.10. The van der Waals surface area contributed by atoms with Crippen molar-refractivity contribution in [3.63, 3.8) is 0 Å². The lowest BCUT2D eigenvalue weighted by molar-refractivity contribution is -0.126. The van der Waals surface area contributed by atoms with E-state index in [0.29, 0.717) is 54.2 Å². The summed E-state index contributed by atoms with van der Waals surface area (Å²) in [5.41, 5.74) is 0.730. The van der Waals surface area contributed by atoms with Gasteiger partial charge in [-0.3, -0.25) is 4.79 Å². The topological polar surface area (TPSA) is 129 Å². The van der Waals surface area contributed by atoms with Crippen molar-refractivity contribution in [3.05, 3.63) is 47.5 Å². The Morgan fingerprint density at radius 3 is 2.89 bits per heavy atom. The number of anilines is 2. The molecule has 4 N–H and O–H groups in total. The minimum absolute atomic E-state index is 0.0130. The van der Waals surface area contributed by atoms with E-state index in [1.165, 1.54) is 19.5 Å². The molecule has 1 aromatic heterocycles. The van der Waals surface area contributed by atoms with Gasteiger partial charge in [0.2, 0.25) is 5.91 Å². The van der Waals surface area contributed by atoms with E-state index < -0.39 is 18.5 Å². The van der Waals surface area contributed by atoms with Gasteiger partial charge in [-0.1, -0.05) is 17.7 Å². The zero-order valence-electron chi connectivity index (χ0n) is 21.2. The van der Waals surface area contributed by atoms with E-state index >= 15 is 0 Å². The van der Waals surface area contributed by atoms with Gasteiger partial charge >= 0.3 is 0 Å². The molecule has 1 aliphatic rings. The summed E-state index contributed by atoms with van der Waals surface area (Å²) in [6.07, 6.45) is 1.07. The highest BCUT2D eigenvalue weighted by molar-refractivity contribution is 6.31. The van der Waals surface area contributed by atoms with E-state index in [1.54, 1.807) is 24.3 Å². The summed E-state index contributed by atoms with van der Waals surface area (Å²) in [7, 11) is 3.48. The van der Waals surface area contributed by atoms with Gasteiger partial charge in [0, 0.05) is 30.5 Å². The number of methoxy groups -OCH3 is 1. The Kier molecular flexibility index (Phi) is 9.16. The zero-order chi connectivity index (χ0) is 27.2. The first-order chi connectivity index (χ1) is 18.3. The van der Waals surface area contributed by atoms with Crippen molar-refractivity contribution in [3.8, 4) is 11.5 Å². The molecule has 3 aromatic rings. The van der Waals surface area contributed by atoms with Crippen LogP contribution in [0.1, 0.15) is 12.8 Å². The molecule has 0 spiro atoms. The SMILES string of the molecule is COc1cc2ncnc(Nc3cccc(Cl)c3F)c2cc1OC1C[C@H](C(=O)NC[C@H](O)CO)CCN(C)C1. The van der Waals surface area contributed by atoms with Crippen LogP contribution in [-0.2, 0) is 4.79 Å². The lowest BCUT2D eigenvalue weighted by Gasteiger charge is -2.24. The summed E-state index contributed by atoms with van der Waals surface area (Å²) in [6, 6.07) is 8.10. The fourth-order valence-electron chi connectivity index (χ4n) is 4.40. The molecule has 38 heavy (non-hydrogen) atoms. The van der Waals surface area contributed by atoms with Gasteiger partial charge < -0.3 is 35.2 Å². The van der Waals surface area contributed by atoms with E-state index in [4.69, 9.17) is 26.2 Å². The Bertz CT molecular complexity index is 1280. The smallest absolute Gasteiger partial charge is 0.223 e. The van der Waals surface area contributed by atoms with Crippen LogP contribution in [0, 0.1) is 11.7 Å². The van der Waals surface area contributed by atoms with Crippen LogP contribution in [0.4, 0.5) is 15.9 Å². The number of amides is 1. The minimum Gasteiger partial charge on any atom is -0.493 e. The van der Waals surface area contributed by atoms with Crippen molar-refractivity contribution < 1.29 is 28.9 Å². The lowest BCUT2D eigenvalue weighted by atomic mass is 9.98. The third-order valence-corrected chi connectivity index (χ3v) is 6.73. The predicted octanol–water partition coefficient (Wildman–Crippen LogP) is 2.73. The van der Waals surface area contributed by atoms with Crippen molar-refractivity contribution in [2.75, 3.05) is 45.7 Å². The summed E-state index contributed by atoms with van der Waals surface area (Å²) < 4.78 is 26.5. The van der Waals surface area contributed by atoms with Crippen LogP contribution in [-0.4, -0.2) is 83.6 Å². The van der Waals surface area contributed by atoms with Gasteiger partial charge in [-0.15, -0.1) is 0 Å². The molecule has 4 rings (SSSR count). The van der Waals surface area contributed by atoms with Crippen LogP contribution < -0.4 is 20.1 Å². The number of aliphatic hydroxyl groups excluding tert-OH is 2. The van der Waals surface area contributed by atoms with Gasteiger partial charge in [0.1, 0.15) is 18.2 Å². The van der Waals surface area contributed by atoms with Crippen LogP contribution in [0.3, 0.4) is 0 Å². The van der Waals surface area contributed by atoms with Gasteiger partial charge in [-0.05, 0) is 44.6 Å². The molecular formula is C26H31ClFN5O5. The maximum Gasteiger partial charge on any atom is 0.223 e. The summed E-state index contributed by atoms with van der Waals surface area (Å²) in [5, 5.41) is 24.9. The van der Waals surface area contributed by atoms with Crippen molar-refractivity contribution in [2.45, 2.75) is 25.0 Å². The fraction of sp³-hybridized carbons (Fsp3) is 0.423. The number of hydrogen-bond donors (Lipinski definition) is 4. The third-order valence-electron chi connectivity index (χ3n) is 6.43. The molecular weight excluding hydrogens is 517 g/mol. The first kappa shape index (κ1) is 27.8. The number of likely N-dealkylation sites (N-methyl/N-ethyl adjacent to an activating group) is 1. The van der Waals surface area contributed by atoms with Gasteiger partial charge in [-0.2, -0.15) is 0 Å². The highest BCUT2D eigenvalue weighted by Gasteiger charge is 2.30. The molecule has 1 fully saturated rings. The molecule has 1 aliphatic heterocycles. The minimum atomic E-state index is -1.01. The average molecular weight is 548 g/mol. The number of carbonyl (C=O) groups excluding carboxylic acids is 1. The highest BCUT2D eigenvalue weighted by atomic mass is 35.5. The number of carbonyl (C=O) groups is 1.